The molecule has 1 amide bonds. The zero-order valence-electron chi connectivity index (χ0n) is 18.3. The fourth-order valence-electron chi connectivity index (χ4n) is 4.37. The van der Waals surface area contributed by atoms with Crippen LogP contribution in [-0.2, 0) is 12.1 Å². The first-order chi connectivity index (χ1) is 14.7. The molecular weight excluding hydrogens is 394 g/mol. The molecule has 4 rings (SSSR count). The topological polar surface area (TPSA) is 102 Å². The van der Waals surface area contributed by atoms with Gasteiger partial charge < -0.3 is 15.0 Å². The molecule has 1 fully saturated rings. The van der Waals surface area contributed by atoms with Crippen molar-refractivity contribution in [2.75, 3.05) is 0 Å². The van der Waals surface area contributed by atoms with Gasteiger partial charge in [-0.2, -0.15) is 5.10 Å². The summed E-state index contributed by atoms with van der Waals surface area (Å²) in [6.45, 7) is 6.14. The van der Waals surface area contributed by atoms with E-state index >= 15 is 0 Å². The van der Waals surface area contributed by atoms with Gasteiger partial charge in [-0.15, -0.1) is 0 Å². The number of aromatic hydroxyl groups is 1. The monoisotopic (exact) mass is 423 g/mol. The molecule has 0 spiro atoms. The fraction of sp³-hybridized carbons (Fsp3) is 0.478. The Morgan fingerprint density at radius 3 is 2.74 bits per heavy atom. The Bertz CT molecular complexity index is 1170. The average molecular weight is 424 g/mol. The number of carbonyl (C=O) groups is 1. The Morgan fingerprint density at radius 2 is 2.03 bits per heavy atom. The summed E-state index contributed by atoms with van der Waals surface area (Å²) in [5.41, 5.74) is -0.915. The van der Waals surface area contributed by atoms with Gasteiger partial charge in [0.2, 0.25) is 0 Å². The number of aromatic nitrogens is 4. The number of hydrogen-bond acceptors (Lipinski definition) is 5. The third-order valence-corrected chi connectivity index (χ3v) is 6.45. The van der Waals surface area contributed by atoms with Gasteiger partial charge in [0, 0.05) is 23.3 Å². The minimum absolute atomic E-state index is 0.287. The quantitative estimate of drug-likeness (QED) is 0.634. The first-order valence-corrected chi connectivity index (χ1v) is 10.8. The molecule has 0 bridgehead atoms. The van der Waals surface area contributed by atoms with Crippen LogP contribution in [0.4, 0.5) is 0 Å². The Balaban J connectivity index is 1.73. The third-order valence-electron chi connectivity index (χ3n) is 6.45. The van der Waals surface area contributed by atoms with E-state index in [1.54, 1.807) is 6.20 Å². The maximum Gasteiger partial charge on any atom is 0.276 e. The normalized spacial score (nSPS) is 16.0. The molecule has 1 aliphatic carbocycles. The summed E-state index contributed by atoms with van der Waals surface area (Å²) in [5.74, 6) is -1.05. The summed E-state index contributed by atoms with van der Waals surface area (Å²) >= 11 is 0. The zero-order chi connectivity index (χ0) is 22.2. The van der Waals surface area contributed by atoms with Gasteiger partial charge in [-0.25, -0.2) is 4.98 Å². The van der Waals surface area contributed by atoms with Gasteiger partial charge in [0.25, 0.3) is 11.3 Å². The van der Waals surface area contributed by atoms with Crippen LogP contribution in [0, 0.1) is 0 Å². The molecule has 8 nitrogen and oxygen atoms in total. The Morgan fingerprint density at radius 1 is 1.29 bits per heavy atom. The second-order valence-corrected chi connectivity index (χ2v) is 9.11. The Hall–Kier alpha value is -3.16. The molecule has 164 valence electrons. The summed E-state index contributed by atoms with van der Waals surface area (Å²) < 4.78 is 3.72. The first-order valence-electron chi connectivity index (χ1n) is 10.8. The van der Waals surface area contributed by atoms with Crippen LogP contribution in [0.15, 0.2) is 41.6 Å². The number of nitrogens with zero attached hydrogens (tertiary/aromatic N) is 4. The van der Waals surface area contributed by atoms with E-state index in [9.17, 15) is 14.7 Å². The van der Waals surface area contributed by atoms with Crippen LogP contribution < -0.4 is 10.7 Å². The number of nitrogens with one attached hydrogen (secondary N) is 1. The number of pyridine rings is 1. The van der Waals surface area contributed by atoms with Crippen molar-refractivity contribution in [3.63, 3.8) is 0 Å². The van der Waals surface area contributed by atoms with Crippen LogP contribution in [0.1, 0.15) is 63.4 Å². The van der Waals surface area contributed by atoms with Crippen LogP contribution in [0.25, 0.3) is 11.0 Å². The maximum atomic E-state index is 12.8. The predicted molar refractivity (Wildman–Crippen MR) is 118 cm³/mol. The van der Waals surface area contributed by atoms with Crippen molar-refractivity contribution < 1.29 is 9.90 Å². The van der Waals surface area contributed by atoms with Crippen LogP contribution in [0.2, 0.25) is 0 Å². The smallest absolute Gasteiger partial charge is 0.276 e. The van der Waals surface area contributed by atoms with E-state index in [0.29, 0.717) is 13.0 Å². The summed E-state index contributed by atoms with van der Waals surface area (Å²) in [7, 11) is 0. The molecule has 0 aliphatic heterocycles. The zero-order valence-corrected chi connectivity index (χ0v) is 18.3. The minimum atomic E-state index is -0.755. The average Bonchev–Trinajstić information content (AvgIpc) is 3.38. The molecule has 8 heteroatoms. The second-order valence-electron chi connectivity index (χ2n) is 9.11. The standard InChI is InChI=1S/C23H29N5O3/c1-4-22(2,3)25-21(31)18-19(30)17(29)14-27(26-18)15-23(10-5-6-11-23)28-13-9-16-8-7-12-24-20(16)28/h7-9,12-14,29H,4-6,10-11,15H2,1-3H3,(H,25,31). The van der Waals surface area contributed by atoms with Gasteiger partial charge in [0.1, 0.15) is 5.65 Å². The molecule has 1 aliphatic rings. The van der Waals surface area contributed by atoms with E-state index in [1.807, 2.05) is 45.2 Å². The first kappa shape index (κ1) is 21.1. The predicted octanol–water partition coefficient (Wildman–Crippen LogP) is 3.19. The third kappa shape index (κ3) is 3.94. The van der Waals surface area contributed by atoms with Gasteiger partial charge in [-0.3, -0.25) is 14.3 Å². The molecule has 0 radical (unpaired) electrons. The van der Waals surface area contributed by atoms with Crippen molar-refractivity contribution in [2.24, 2.45) is 0 Å². The van der Waals surface area contributed by atoms with Crippen molar-refractivity contribution in [3.8, 4) is 5.75 Å². The van der Waals surface area contributed by atoms with Crippen LogP contribution >= 0.6 is 0 Å². The van der Waals surface area contributed by atoms with Gasteiger partial charge in [0.15, 0.2) is 11.4 Å². The second kappa shape index (κ2) is 7.83. The lowest BCUT2D eigenvalue weighted by Crippen LogP contribution is -2.45. The molecule has 0 atom stereocenters. The highest BCUT2D eigenvalue weighted by molar-refractivity contribution is 5.92. The minimum Gasteiger partial charge on any atom is -0.503 e. The molecule has 1 saturated carbocycles. The van der Waals surface area contributed by atoms with Crippen molar-refractivity contribution in [2.45, 2.75) is 70.5 Å². The highest BCUT2D eigenvalue weighted by Crippen LogP contribution is 2.40. The molecule has 31 heavy (non-hydrogen) atoms. The number of rotatable bonds is 6. The van der Waals surface area contributed by atoms with E-state index in [0.717, 1.165) is 36.7 Å². The van der Waals surface area contributed by atoms with Crippen molar-refractivity contribution >= 4 is 16.9 Å². The maximum absolute atomic E-state index is 12.8. The molecule has 2 N–H and O–H groups in total. The van der Waals surface area contributed by atoms with Crippen molar-refractivity contribution in [3.05, 3.63) is 52.7 Å². The van der Waals surface area contributed by atoms with E-state index < -0.39 is 22.6 Å². The summed E-state index contributed by atoms with van der Waals surface area (Å²) in [6.07, 6.45) is 9.82. The van der Waals surface area contributed by atoms with E-state index in [-0.39, 0.29) is 11.2 Å². The number of fused-ring (bicyclic) bond motifs is 1. The van der Waals surface area contributed by atoms with E-state index in [2.05, 4.69) is 20.0 Å². The van der Waals surface area contributed by atoms with Crippen LogP contribution in [0.3, 0.4) is 0 Å². The summed E-state index contributed by atoms with van der Waals surface area (Å²) in [5, 5.41) is 18.5. The summed E-state index contributed by atoms with van der Waals surface area (Å²) in [6, 6.07) is 5.99. The molecule has 3 heterocycles. The SMILES string of the molecule is CCC(C)(C)NC(=O)c1nn(CC2(n3ccc4cccnc43)CCCC2)cc(O)c1=O. The Labute approximate surface area is 180 Å². The van der Waals surface area contributed by atoms with Gasteiger partial charge in [-0.1, -0.05) is 19.8 Å². The van der Waals surface area contributed by atoms with Gasteiger partial charge in [0.05, 0.1) is 18.3 Å². The lowest BCUT2D eigenvalue weighted by atomic mass is 9.97. The van der Waals surface area contributed by atoms with Gasteiger partial charge >= 0.3 is 0 Å². The lowest BCUT2D eigenvalue weighted by molar-refractivity contribution is 0.0900. The molecule has 3 aromatic rings. The molecular formula is C23H29N5O3. The molecule has 0 unspecified atom stereocenters. The molecule has 3 aromatic heterocycles. The van der Waals surface area contributed by atoms with E-state index in [4.69, 9.17) is 0 Å². The number of hydrogen-bond donors (Lipinski definition) is 2. The highest BCUT2D eigenvalue weighted by Gasteiger charge is 2.37. The lowest BCUT2D eigenvalue weighted by Gasteiger charge is -2.32. The Kier molecular flexibility index (Phi) is 5.33. The highest BCUT2D eigenvalue weighted by atomic mass is 16.3. The van der Waals surface area contributed by atoms with Crippen LogP contribution in [0.5, 0.6) is 5.75 Å². The number of amides is 1. The van der Waals surface area contributed by atoms with Crippen molar-refractivity contribution in [1.82, 2.24) is 24.6 Å². The van der Waals surface area contributed by atoms with Crippen LogP contribution in [-0.4, -0.2) is 35.9 Å². The van der Waals surface area contributed by atoms with Crippen molar-refractivity contribution in [1.29, 1.82) is 0 Å². The van der Waals surface area contributed by atoms with E-state index in [1.165, 1.54) is 10.9 Å². The summed E-state index contributed by atoms with van der Waals surface area (Å²) in [4.78, 5) is 29.8. The molecule has 0 saturated heterocycles. The van der Waals surface area contributed by atoms with Gasteiger partial charge in [-0.05, 0) is 51.3 Å². The molecule has 0 aromatic carbocycles. The fourth-order valence-corrected chi connectivity index (χ4v) is 4.37. The largest absolute Gasteiger partial charge is 0.503 e. The number of carbonyl (C=O) groups excluding carboxylic acids is 1.